The Kier molecular flexibility index (Phi) is 5.18. The summed E-state index contributed by atoms with van der Waals surface area (Å²) >= 11 is 5.93. The second-order valence-electron chi connectivity index (χ2n) is 6.65. The number of likely N-dealkylation sites (N-methyl/N-ethyl adjacent to an activating group) is 1. The molecule has 0 aliphatic heterocycles. The third-order valence-electron chi connectivity index (χ3n) is 4.54. The van der Waals surface area contributed by atoms with E-state index < -0.39 is 0 Å². The maximum absolute atomic E-state index is 12.0. The summed E-state index contributed by atoms with van der Waals surface area (Å²) in [7, 11) is 2.08. The molecule has 0 aliphatic carbocycles. The molecule has 1 N–H and O–H groups in total. The fraction of sp³-hybridized carbons (Fsp3) is 0.200. The summed E-state index contributed by atoms with van der Waals surface area (Å²) in [6.45, 7) is 2.49. The van der Waals surface area contributed by atoms with Crippen LogP contribution in [0.5, 0.6) is 0 Å². The van der Waals surface area contributed by atoms with Crippen LogP contribution in [0.3, 0.4) is 0 Å². The molecule has 8 heteroatoms. The van der Waals surface area contributed by atoms with E-state index in [1.54, 1.807) is 18.6 Å². The van der Waals surface area contributed by atoms with Crippen molar-refractivity contribution in [2.45, 2.75) is 13.1 Å². The van der Waals surface area contributed by atoms with Gasteiger partial charge in [0, 0.05) is 37.1 Å². The lowest BCUT2D eigenvalue weighted by atomic mass is 10.2. The highest BCUT2D eigenvalue weighted by Crippen LogP contribution is 2.21. The smallest absolute Gasteiger partial charge is 0.258 e. The minimum Gasteiger partial charge on any atom is -0.335 e. The molecule has 3 aromatic heterocycles. The maximum Gasteiger partial charge on any atom is 0.258 e. The number of rotatable bonds is 6. The van der Waals surface area contributed by atoms with Gasteiger partial charge in [0.15, 0.2) is 0 Å². The molecule has 28 heavy (non-hydrogen) atoms. The zero-order valence-electron chi connectivity index (χ0n) is 15.3. The number of fused-ring (bicyclic) bond motifs is 1. The number of imidazole rings is 1. The molecule has 0 atom stereocenters. The summed E-state index contributed by atoms with van der Waals surface area (Å²) in [4.78, 5) is 29.9. The number of hydrogen-bond acceptors (Lipinski definition) is 5. The summed E-state index contributed by atoms with van der Waals surface area (Å²) in [5.74, 6) is 0. The Bertz CT molecular complexity index is 1150. The van der Waals surface area contributed by atoms with E-state index in [1.165, 1.54) is 11.9 Å². The molecular formula is C20H19ClN6O. The zero-order chi connectivity index (χ0) is 19.5. The van der Waals surface area contributed by atoms with Crippen LogP contribution >= 0.6 is 11.6 Å². The Morgan fingerprint density at radius 1 is 1.14 bits per heavy atom. The number of nitrogens with one attached hydrogen (secondary N) is 1. The summed E-state index contributed by atoms with van der Waals surface area (Å²) in [5.41, 5.74) is 2.89. The number of hydrogen-bond donors (Lipinski definition) is 1. The second kappa shape index (κ2) is 7.92. The third kappa shape index (κ3) is 3.95. The lowest BCUT2D eigenvalue weighted by Crippen LogP contribution is -2.22. The van der Waals surface area contributed by atoms with Crippen LogP contribution in [0.15, 0.2) is 60.2 Å². The van der Waals surface area contributed by atoms with Crippen molar-refractivity contribution in [1.82, 2.24) is 29.4 Å². The van der Waals surface area contributed by atoms with E-state index in [2.05, 4.69) is 31.9 Å². The van der Waals surface area contributed by atoms with Crippen molar-refractivity contribution in [3.63, 3.8) is 0 Å². The monoisotopic (exact) mass is 394 g/mol. The predicted molar refractivity (Wildman–Crippen MR) is 109 cm³/mol. The number of aromatic nitrogens is 5. The Morgan fingerprint density at radius 3 is 2.79 bits per heavy atom. The first-order valence-corrected chi connectivity index (χ1v) is 9.25. The van der Waals surface area contributed by atoms with Crippen molar-refractivity contribution >= 4 is 22.5 Å². The fourth-order valence-electron chi connectivity index (χ4n) is 3.06. The Hall–Kier alpha value is -3.03. The first kappa shape index (κ1) is 18.3. The van der Waals surface area contributed by atoms with Gasteiger partial charge in [0.05, 0.1) is 18.0 Å². The van der Waals surface area contributed by atoms with Gasteiger partial charge >= 0.3 is 0 Å². The zero-order valence-corrected chi connectivity index (χ0v) is 16.1. The Balaban J connectivity index is 1.46. The van der Waals surface area contributed by atoms with Crippen molar-refractivity contribution in [3.8, 4) is 11.4 Å². The van der Waals surface area contributed by atoms with Gasteiger partial charge in [-0.15, -0.1) is 0 Å². The molecule has 0 amide bonds. The predicted octanol–water partition coefficient (Wildman–Crippen LogP) is 2.97. The van der Waals surface area contributed by atoms with Crippen LogP contribution in [0.1, 0.15) is 5.56 Å². The van der Waals surface area contributed by atoms with E-state index in [-0.39, 0.29) is 5.56 Å². The molecule has 0 spiro atoms. The number of pyridine rings is 1. The molecule has 0 unspecified atom stereocenters. The normalized spacial score (nSPS) is 11.4. The summed E-state index contributed by atoms with van der Waals surface area (Å²) in [6.07, 6.45) is 6.70. The topological polar surface area (TPSA) is 79.7 Å². The van der Waals surface area contributed by atoms with E-state index in [9.17, 15) is 4.79 Å². The highest BCUT2D eigenvalue weighted by Gasteiger charge is 2.11. The van der Waals surface area contributed by atoms with E-state index in [1.807, 2.05) is 35.0 Å². The van der Waals surface area contributed by atoms with Crippen molar-refractivity contribution < 1.29 is 0 Å². The highest BCUT2D eigenvalue weighted by atomic mass is 35.5. The maximum atomic E-state index is 12.0. The van der Waals surface area contributed by atoms with Gasteiger partial charge in [-0.25, -0.2) is 9.97 Å². The van der Waals surface area contributed by atoms with Gasteiger partial charge in [0.25, 0.3) is 5.56 Å². The van der Waals surface area contributed by atoms with Gasteiger partial charge in [0.1, 0.15) is 16.9 Å². The van der Waals surface area contributed by atoms with Crippen molar-refractivity contribution in [1.29, 1.82) is 0 Å². The fourth-order valence-corrected chi connectivity index (χ4v) is 3.19. The molecule has 7 nitrogen and oxygen atoms in total. The summed E-state index contributed by atoms with van der Waals surface area (Å²) in [5, 5.41) is 1.25. The van der Waals surface area contributed by atoms with Gasteiger partial charge in [-0.3, -0.25) is 9.78 Å². The first-order chi connectivity index (χ1) is 13.6. The summed E-state index contributed by atoms with van der Waals surface area (Å²) < 4.78 is 2.02. The van der Waals surface area contributed by atoms with Crippen LogP contribution in [0.4, 0.5) is 0 Å². The number of benzene rings is 1. The van der Waals surface area contributed by atoms with Gasteiger partial charge in [-0.1, -0.05) is 23.7 Å². The van der Waals surface area contributed by atoms with Crippen LogP contribution in [-0.2, 0) is 13.1 Å². The van der Waals surface area contributed by atoms with Crippen molar-refractivity contribution in [2.75, 3.05) is 13.6 Å². The minimum absolute atomic E-state index is 0.183. The lowest BCUT2D eigenvalue weighted by molar-refractivity contribution is 0.311. The van der Waals surface area contributed by atoms with Crippen molar-refractivity contribution in [2.24, 2.45) is 0 Å². The highest BCUT2D eigenvalue weighted by molar-refractivity contribution is 6.30. The molecule has 0 saturated heterocycles. The number of H-pyrrole nitrogens is 1. The molecule has 142 valence electrons. The molecule has 1 aromatic carbocycles. The SMILES string of the molecule is CN(CCn1cnc(-c2nccc3c(=O)[nH]cnc23)c1)Cc1ccc(Cl)cc1. The van der Waals surface area contributed by atoms with Crippen LogP contribution in [0.2, 0.25) is 5.02 Å². The molecule has 4 aromatic rings. The molecule has 3 heterocycles. The molecule has 4 rings (SSSR count). The van der Waals surface area contributed by atoms with Crippen LogP contribution in [-0.4, -0.2) is 43.0 Å². The minimum atomic E-state index is -0.183. The standard InChI is InChI=1S/C20H19ClN6O/c1-26(10-14-2-4-15(21)5-3-14)8-9-27-11-17(25-13-27)19-18-16(6-7-22-19)20(28)24-12-23-18/h2-7,11-13H,8-10H2,1H3,(H,23,24,28). The summed E-state index contributed by atoms with van der Waals surface area (Å²) in [6, 6.07) is 9.55. The molecule has 0 fully saturated rings. The van der Waals surface area contributed by atoms with E-state index >= 15 is 0 Å². The van der Waals surface area contributed by atoms with Crippen LogP contribution in [0.25, 0.3) is 22.3 Å². The first-order valence-electron chi connectivity index (χ1n) is 8.88. The molecule has 0 radical (unpaired) electrons. The number of aromatic amines is 1. The molecule has 0 aliphatic rings. The van der Waals surface area contributed by atoms with E-state index in [0.29, 0.717) is 22.3 Å². The van der Waals surface area contributed by atoms with Gasteiger partial charge < -0.3 is 14.5 Å². The van der Waals surface area contributed by atoms with E-state index in [4.69, 9.17) is 11.6 Å². The quantitative estimate of drug-likeness (QED) is 0.544. The molecular weight excluding hydrogens is 376 g/mol. The average molecular weight is 395 g/mol. The Labute approximate surface area is 166 Å². The van der Waals surface area contributed by atoms with Crippen molar-refractivity contribution in [3.05, 3.63) is 76.3 Å². The second-order valence-corrected chi connectivity index (χ2v) is 7.08. The van der Waals surface area contributed by atoms with Gasteiger partial charge in [0.2, 0.25) is 0 Å². The Morgan fingerprint density at radius 2 is 1.96 bits per heavy atom. The number of halogens is 1. The largest absolute Gasteiger partial charge is 0.335 e. The van der Waals surface area contributed by atoms with E-state index in [0.717, 1.165) is 24.7 Å². The third-order valence-corrected chi connectivity index (χ3v) is 4.79. The molecule has 0 saturated carbocycles. The van der Waals surface area contributed by atoms with Crippen LogP contribution < -0.4 is 5.56 Å². The van der Waals surface area contributed by atoms with Gasteiger partial charge in [-0.05, 0) is 30.8 Å². The lowest BCUT2D eigenvalue weighted by Gasteiger charge is -2.16. The molecule has 0 bridgehead atoms. The average Bonchev–Trinajstić information content (AvgIpc) is 3.17. The number of nitrogens with zero attached hydrogens (tertiary/aromatic N) is 5. The van der Waals surface area contributed by atoms with Crippen LogP contribution in [0, 0.1) is 0 Å². The van der Waals surface area contributed by atoms with Gasteiger partial charge in [-0.2, -0.15) is 0 Å².